The van der Waals surface area contributed by atoms with E-state index in [1.807, 2.05) is 13.0 Å². The van der Waals surface area contributed by atoms with E-state index in [2.05, 4.69) is 15.0 Å². The molecule has 2 heterocycles. The van der Waals surface area contributed by atoms with Crippen LogP contribution in [0.5, 0.6) is 0 Å². The predicted molar refractivity (Wildman–Crippen MR) is 61.4 cm³/mol. The minimum absolute atomic E-state index is 0.431. The molecule has 0 fully saturated rings. The molecule has 5 heteroatoms. The molecule has 5 nitrogen and oxygen atoms in total. The summed E-state index contributed by atoms with van der Waals surface area (Å²) in [6, 6.07) is 3.18. The zero-order valence-corrected chi connectivity index (χ0v) is 8.96. The first-order chi connectivity index (χ1) is 7.70. The first-order valence-electron chi connectivity index (χ1n) is 4.93. The monoisotopic (exact) mass is 215 g/mol. The third-order valence-corrected chi connectivity index (χ3v) is 2.41. The summed E-state index contributed by atoms with van der Waals surface area (Å²) in [5, 5.41) is 0. The standard InChI is InChI=1S/C11H13N5/c1-7-3-6-14-10(13)8(7)9(12)11-15-4-2-5-16-11/h2-6,9H,12H2,1H3,(H2,13,14). The molecule has 0 amide bonds. The molecule has 0 aliphatic carbocycles. The first-order valence-corrected chi connectivity index (χ1v) is 4.93. The van der Waals surface area contributed by atoms with E-state index in [1.165, 1.54) is 0 Å². The van der Waals surface area contributed by atoms with Gasteiger partial charge >= 0.3 is 0 Å². The second-order valence-corrected chi connectivity index (χ2v) is 3.51. The van der Waals surface area contributed by atoms with Gasteiger partial charge in [0.15, 0.2) is 0 Å². The summed E-state index contributed by atoms with van der Waals surface area (Å²) < 4.78 is 0. The fourth-order valence-electron chi connectivity index (χ4n) is 1.60. The van der Waals surface area contributed by atoms with E-state index >= 15 is 0 Å². The van der Waals surface area contributed by atoms with E-state index in [9.17, 15) is 0 Å². The highest BCUT2D eigenvalue weighted by Gasteiger charge is 2.17. The van der Waals surface area contributed by atoms with Crippen molar-refractivity contribution < 1.29 is 0 Å². The Balaban J connectivity index is 2.46. The van der Waals surface area contributed by atoms with Gasteiger partial charge < -0.3 is 11.5 Å². The number of hydrogen-bond acceptors (Lipinski definition) is 5. The van der Waals surface area contributed by atoms with Crippen LogP contribution in [0.15, 0.2) is 30.7 Å². The number of pyridine rings is 1. The van der Waals surface area contributed by atoms with Crippen LogP contribution in [-0.4, -0.2) is 15.0 Å². The van der Waals surface area contributed by atoms with Gasteiger partial charge in [-0.05, 0) is 24.6 Å². The predicted octanol–water partition coefficient (Wildman–Crippen LogP) is 0.810. The fourth-order valence-corrected chi connectivity index (χ4v) is 1.60. The van der Waals surface area contributed by atoms with Crippen molar-refractivity contribution in [1.29, 1.82) is 0 Å². The van der Waals surface area contributed by atoms with Crippen LogP contribution in [-0.2, 0) is 0 Å². The van der Waals surface area contributed by atoms with E-state index < -0.39 is 6.04 Å². The zero-order chi connectivity index (χ0) is 11.5. The quantitative estimate of drug-likeness (QED) is 0.773. The van der Waals surface area contributed by atoms with Crippen molar-refractivity contribution in [3.05, 3.63) is 47.7 Å². The lowest BCUT2D eigenvalue weighted by Gasteiger charge is -2.14. The maximum absolute atomic E-state index is 6.07. The molecule has 16 heavy (non-hydrogen) atoms. The van der Waals surface area contributed by atoms with Gasteiger partial charge in [-0.1, -0.05) is 0 Å². The van der Waals surface area contributed by atoms with Crippen LogP contribution in [0.25, 0.3) is 0 Å². The topological polar surface area (TPSA) is 90.7 Å². The van der Waals surface area contributed by atoms with Crippen LogP contribution in [0.3, 0.4) is 0 Å². The Labute approximate surface area is 93.6 Å². The van der Waals surface area contributed by atoms with Crippen molar-refractivity contribution in [2.75, 3.05) is 5.73 Å². The number of aryl methyl sites for hydroxylation is 1. The van der Waals surface area contributed by atoms with E-state index in [4.69, 9.17) is 11.5 Å². The average molecular weight is 215 g/mol. The summed E-state index contributed by atoms with van der Waals surface area (Å²) in [5.74, 6) is 0.977. The molecule has 0 saturated carbocycles. The molecular weight excluding hydrogens is 202 g/mol. The number of rotatable bonds is 2. The maximum Gasteiger partial charge on any atom is 0.149 e. The van der Waals surface area contributed by atoms with Gasteiger partial charge in [0.2, 0.25) is 0 Å². The summed E-state index contributed by atoms with van der Waals surface area (Å²) in [4.78, 5) is 12.3. The Bertz CT molecular complexity index is 463. The third-order valence-electron chi connectivity index (χ3n) is 2.41. The van der Waals surface area contributed by atoms with Crippen LogP contribution in [0, 0.1) is 6.92 Å². The van der Waals surface area contributed by atoms with E-state index in [0.29, 0.717) is 11.6 Å². The van der Waals surface area contributed by atoms with Crippen molar-refractivity contribution in [3.63, 3.8) is 0 Å². The lowest BCUT2D eigenvalue weighted by Crippen LogP contribution is -2.18. The normalized spacial score (nSPS) is 12.4. The van der Waals surface area contributed by atoms with Crippen molar-refractivity contribution in [2.45, 2.75) is 13.0 Å². The van der Waals surface area contributed by atoms with Gasteiger partial charge in [0.05, 0.1) is 6.04 Å². The summed E-state index contributed by atoms with van der Waals surface area (Å²) >= 11 is 0. The van der Waals surface area contributed by atoms with Gasteiger partial charge in [-0.2, -0.15) is 0 Å². The molecule has 2 aromatic rings. The highest BCUT2D eigenvalue weighted by molar-refractivity contribution is 5.47. The van der Waals surface area contributed by atoms with Crippen LogP contribution in [0.1, 0.15) is 23.0 Å². The average Bonchev–Trinajstić information content (AvgIpc) is 2.30. The Morgan fingerprint density at radius 2 is 1.81 bits per heavy atom. The molecule has 0 spiro atoms. The summed E-state index contributed by atoms with van der Waals surface area (Å²) in [6.45, 7) is 1.94. The van der Waals surface area contributed by atoms with Gasteiger partial charge in [0, 0.05) is 24.2 Å². The minimum Gasteiger partial charge on any atom is -0.383 e. The summed E-state index contributed by atoms with van der Waals surface area (Å²) in [7, 11) is 0. The largest absolute Gasteiger partial charge is 0.383 e. The van der Waals surface area contributed by atoms with E-state index in [-0.39, 0.29) is 0 Å². The lowest BCUT2D eigenvalue weighted by molar-refractivity contribution is 0.773. The van der Waals surface area contributed by atoms with Crippen molar-refractivity contribution in [3.8, 4) is 0 Å². The van der Waals surface area contributed by atoms with Gasteiger partial charge in [-0.3, -0.25) is 0 Å². The number of anilines is 1. The molecule has 0 aliphatic rings. The molecule has 0 saturated heterocycles. The molecule has 0 radical (unpaired) electrons. The number of nitrogen functional groups attached to an aromatic ring is 1. The number of hydrogen-bond donors (Lipinski definition) is 2. The van der Waals surface area contributed by atoms with Gasteiger partial charge in [0.25, 0.3) is 0 Å². The van der Waals surface area contributed by atoms with E-state index in [0.717, 1.165) is 11.1 Å². The van der Waals surface area contributed by atoms with Gasteiger partial charge in [-0.25, -0.2) is 15.0 Å². The molecule has 2 rings (SSSR count). The van der Waals surface area contributed by atoms with E-state index in [1.54, 1.807) is 24.7 Å². The van der Waals surface area contributed by atoms with Gasteiger partial charge in [0.1, 0.15) is 11.6 Å². The highest BCUT2D eigenvalue weighted by Crippen LogP contribution is 2.23. The minimum atomic E-state index is -0.435. The molecule has 4 N–H and O–H groups in total. The second kappa shape index (κ2) is 4.24. The van der Waals surface area contributed by atoms with Crippen LogP contribution in [0.4, 0.5) is 5.82 Å². The molecule has 2 aromatic heterocycles. The Hall–Kier alpha value is -2.01. The molecule has 82 valence electrons. The molecule has 0 bridgehead atoms. The Morgan fingerprint density at radius 3 is 2.44 bits per heavy atom. The fraction of sp³-hybridized carbons (Fsp3) is 0.182. The first kappa shape index (κ1) is 10.5. The molecule has 0 aliphatic heterocycles. The third kappa shape index (κ3) is 1.85. The summed E-state index contributed by atoms with van der Waals surface area (Å²) in [6.07, 6.45) is 4.97. The Kier molecular flexibility index (Phi) is 2.78. The van der Waals surface area contributed by atoms with Crippen LogP contribution >= 0.6 is 0 Å². The van der Waals surface area contributed by atoms with Crippen molar-refractivity contribution in [2.24, 2.45) is 5.73 Å². The van der Waals surface area contributed by atoms with Crippen LogP contribution in [0.2, 0.25) is 0 Å². The SMILES string of the molecule is Cc1ccnc(N)c1C(N)c1ncccn1. The molecule has 1 atom stereocenters. The zero-order valence-electron chi connectivity index (χ0n) is 8.96. The number of aromatic nitrogens is 3. The van der Waals surface area contributed by atoms with Crippen molar-refractivity contribution >= 4 is 5.82 Å². The maximum atomic E-state index is 6.07. The molecular formula is C11H13N5. The van der Waals surface area contributed by atoms with Crippen LogP contribution < -0.4 is 11.5 Å². The van der Waals surface area contributed by atoms with Gasteiger partial charge in [-0.15, -0.1) is 0 Å². The number of nitrogens with two attached hydrogens (primary N) is 2. The smallest absolute Gasteiger partial charge is 0.149 e. The highest BCUT2D eigenvalue weighted by atomic mass is 14.9. The second-order valence-electron chi connectivity index (χ2n) is 3.51. The lowest BCUT2D eigenvalue weighted by atomic mass is 10.0. The summed E-state index contributed by atoms with van der Waals surface area (Å²) in [5.41, 5.74) is 13.7. The van der Waals surface area contributed by atoms with Crippen molar-refractivity contribution in [1.82, 2.24) is 15.0 Å². The molecule has 1 unspecified atom stereocenters. The number of nitrogens with zero attached hydrogens (tertiary/aromatic N) is 3. The Morgan fingerprint density at radius 1 is 1.12 bits per heavy atom. The molecule has 0 aromatic carbocycles.